The fourth-order valence-electron chi connectivity index (χ4n) is 4.32. The Balaban J connectivity index is 2.05. The zero-order valence-electron chi connectivity index (χ0n) is 24.2. The minimum absolute atomic E-state index is 0.00924. The number of ether oxygens (including phenoxy) is 1. The molecular formula is C31H37Cl2N3O5S. The zero-order valence-corrected chi connectivity index (χ0v) is 26.5. The molecule has 0 bridgehead atoms. The van der Waals surface area contributed by atoms with Gasteiger partial charge in [-0.25, -0.2) is 8.42 Å². The first-order chi connectivity index (χ1) is 20.0. The summed E-state index contributed by atoms with van der Waals surface area (Å²) in [7, 11) is -4.20. The summed E-state index contributed by atoms with van der Waals surface area (Å²) < 4.78 is 34.4. The smallest absolute Gasteiger partial charge is 0.264 e. The SMILES string of the molecule is CCOc1ccc(S(=O)(=O)N(CC(=O)N(Cc2c(Cl)cccc2Cl)[C@@H](CC)C(=O)NCC(C)C)c2ccccc2)cc1. The van der Waals surface area contributed by atoms with Crippen molar-refractivity contribution in [3.05, 3.63) is 88.4 Å². The molecule has 3 rings (SSSR count). The lowest BCUT2D eigenvalue weighted by atomic mass is 10.1. The lowest BCUT2D eigenvalue weighted by Gasteiger charge is -2.33. The van der Waals surface area contributed by atoms with Gasteiger partial charge in [-0.05, 0) is 67.8 Å². The minimum atomic E-state index is -4.20. The number of carbonyl (C=O) groups is 2. The van der Waals surface area contributed by atoms with Gasteiger partial charge in [-0.1, -0.05) is 68.2 Å². The largest absolute Gasteiger partial charge is 0.494 e. The number of sulfonamides is 1. The third-order valence-electron chi connectivity index (χ3n) is 6.51. The van der Waals surface area contributed by atoms with Gasteiger partial charge in [-0.15, -0.1) is 0 Å². The van der Waals surface area contributed by atoms with Crippen molar-refractivity contribution in [1.82, 2.24) is 10.2 Å². The van der Waals surface area contributed by atoms with E-state index in [1.54, 1.807) is 67.6 Å². The Hall–Kier alpha value is -3.27. The fraction of sp³-hybridized carbons (Fsp3) is 0.355. The molecule has 0 fully saturated rings. The van der Waals surface area contributed by atoms with Crippen LogP contribution in [0.2, 0.25) is 10.0 Å². The minimum Gasteiger partial charge on any atom is -0.494 e. The second kappa shape index (κ2) is 15.3. The quantitative estimate of drug-likeness (QED) is 0.229. The van der Waals surface area contributed by atoms with Gasteiger partial charge in [0.1, 0.15) is 18.3 Å². The molecule has 0 heterocycles. The molecule has 2 amide bonds. The second-order valence-corrected chi connectivity index (χ2v) is 12.7. The molecule has 0 spiro atoms. The molecule has 0 radical (unpaired) electrons. The Morgan fingerprint density at radius 1 is 0.905 bits per heavy atom. The number of hydrogen-bond donors (Lipinski definition) is 1. The van der Waals surface area contributed by atoms with Crippen molar-refractivity contribution in [1.29, 1.82) is 0 Å². The summed E-state index contributed by atoms with van der Waals surface area (Å²) in [6.07, 6.45) is 0.286. The van der Waals surface area contributed by atoms with E-state index in [4.69, 9.17) is 27.9 Å². The molecule has 0 aliphatic rings. The highest BCUT2D eigenvalue weighted by molar-refractivity contribution is 7.92. The van der Waals surface area contributed by atoms with E-state index in [9.17, 15) is 18.0 Å². The van der Waals surface area contributed by atoms with Crippen LogP contribution in [0.25, 0.3) is 0 Å². The van der Waals surface area contributed by atoms with Crippen molar-refractivity contribution in [2.45, 2.75) is 51.6 Å². The van der Waals surface area contributed by atoms with E-state index in [1.807, 2.05) is 20.8 Å². The summed E-state index contributed by atoms with van der Waals surface area (Å²) in [6, 6.07) is 18.5. The molecule has 0 saturated heterocycles. The lowest BCUT2D eigenvalue weighted by molar-refractivity contribution is -0.140. The van der Waals surface area contributed by atoms with E-state index in [0.29, 0.717) is 40.2 Å². The zero-order chi connectivity index (χ0) is 30.9. The van der Waals surface area contributed by atoms with E-state index >= 15 is 0 Å². The molecule has 0 aliphatic heterocycles. The molecule has 1 atom stereocenters. The van der Waals surface area contributed by atoms with Gasteiger partial charge in [-0.2, -0.15) is 0 Å². The number of hydrogen-bond acceptors (Lipinski definition) is 5. The molecule has 0 aromatic heterocycles. The van der Waals surface area contributed by atoms with Gasteiger partial charge in [0.05, 0.1) is 17.2 Å². The summed E-state index contributed by atoms with van der Waals surface area (Å²) in [6.45, 7) is 7.78. The van der Waals surface area contributed by atoms with Crippen molar-refractivity contribution in [2.75, 3.05) is 24.0 Å². The first kappa shape index (κ1) is 33.2. The standard InChI is InChI=1S/C31H37Cl2N3O5S/c1-5-29(31(38)34-19-22(3)4)35(20-26-27(32)13-10-14-28(26)33)30(37)21-36(23-11-8-7-9-12-23)42(39,40)25-17-15-24(16-18-25)41-6-2/h7-18,22,29H,5-6,19-21H2,1-4H3,(H,34,38)/t29-/m0/s1. The molecule has 3 aromatic rings. The summed E-state index contributed by atoms with van der Waals surface area (Å²) in [5, 5.41) is 3.56. The number of halogens is 2. The predicted molar refractivity (Wildman–Crippen MR) is 168 cm³/mol. The first-order valence-corrected chi connectivity index (χ1v) is 16.0. The van der Waals surface area contributed by atoms with Crippen LogP contribution in [-0.4, -0.2) is 50.9 Å². The van der Waals surface area contributed by atoms with Crippen molar-refractivity contribution in [2.24, 2.45) is 5.92 Å². The monoisotopic (exact) mass is 633 g/mol. The van der Waals surface area contributed by atoms with Crippen LogP contribution in [0.4, 0.5) is 5.69 Å². The number of benzene rings is 3. The predicted octanol–water partition coefficient (Wildman–Crippen LogP) is 6.17. The van der Waals surface area contributed by atoms with Gasteiger partial charge in [0, 0.05) is 28.7 Å². The topological polar surface area (TPSA) is 96.0 Å². The Morgan fingerprint density at radius 3 is 2.07 bits per heavy atom. The van der Waals surface area contributed by atoms with Crippen LogP contribution in [-0.2, 0) is 26.2 Å². The molecular weight excluding hydrogens is 597 g/mol. The van der Waals surface area contributed by atoms with E-state index in [1.165, 1.54) is 17.0 Å². The number of anilines is 1. The van der Waals surface area contributed by atoms with Gasteiger partial charge < -0.3 is 15.0 Å². The Labute approximate surface area is 258 Å². The molecule has 226 valence electrons. The molecule has 1 N–H and O–H groups in total. The first-order valence-electron chi connectivity index (χ1n) is 13.8. The number of amides is 2. The maximum Gasteiger partial charge on any atom is 0.264 e. The maximum absolute atomic E-state index is 14.1. The maximum atomic E-state index is 14.1. The number of carbonyl (C=O) groups excluding carboxylic acids is 2. The Bertz CT molecular complexity index is 1430. The van der Waals surface area contributed by atoms with Crippen molar-refractivity contribution in [3.8, 4) is 5.75 Å². The van der Waals surface area contributed by atoms with Crippen LogP contribution in [0.1, 0.15) is 39.7 Å². The molecule has 0 unspecified atom stereocenters. The molecule has 42 heavy (non-hydrogen) atoms. The van der Waals surface area contributed by atoms with Crippen LogP contribution in [0, 0.1) is 5.92 Å². The molecule has 0 aliphatic carbocycles. The van der Waals surface area contributed by atoms with E-state index in [0.717, 1.165) is 4.31 Å². The average Bonchev–Trinajstić information content (AvgIpc) is 2.96. The third-order valence-corrected chi connectivity index (χ3v) is 9.00. The highest BCUT2D eigenvalue weighted by Gasteiger charge is 2.34. The Morgan fingerprint density at radius 2 is 1.52 bits per heavy atom. The second-order valence-electron chi connectivity index (χ2n) is 10.0. The molecule has 11 heteroatoms. The van der Waals surface area contributed by atoms with Crippen molar-refractivity contribution < 1.29 is 22.7 Å². The van der Waals surface area contributed by atoms with Crippen molar-refractivity contribution in [3.63, 3.8) is 0 Å². The van der Waals surface area contributed by atoms with Crippen molar-refractivity contribution >= 4 is 50.7 Å². The van der Waals surface area contributed by atoms with Gasteiger partial charge in [0.15, 0.2) is 0 Å². The van der Waals surface area contributed by atoms with Gasteiger partial charge in [0.2, 0.25) is 11.8 Å². The molecule has 8 nitrogen and oxygen atoms in total. The fourth-order valence-corrected chi connectivity index (χ4v) is 6.25. The average molecular weight is 635 g/mol. The highest BCUT2D eigenvalue weighted by Crippen LogP contribution is 2.29. The van der Waals surface area contributed by atoms with E-state index in [2.05, 4.69) is 5.32 Å². The van der Waals surface area contributed by atoms with E-state index < -0.39 is 28.5 Å². The van der Waals surface area contributed by atoms with Crippen LogP contribution < -0.4 is 14.4 Å². The lowest BCUT2D eigenvalue weighted by Crippen LogP contribution is -2.52. The highest BCUT2D eigenvalue weighted by atomic mass is 35.5. The van der Waals surface area contributed by atoms with E-state index in [-0.39, 0.29) is 29.7 Å². The third kappa shape index (κ3) is 8.40. The van der Waals surface area contributed by atoms with Crippen LogP contribution in [0.5, 0.6) is 5.75 Å². The van der Waals surface area contributed by atoms with Crippen LogP contribution in [0.3, 0.4) is 0 Å². The summed E-state index contributed by atoms with van der Waals surface area (Å²) >= 11 is 12.9. The summed E-state index contributed by atoms with van der Waals surface area (Å²) in [5.74, 6) is -0.208. The van der Waals surface area contributed by atoms with Gasteiger partial charge in [-0.3, -0.25) is 13.9 Å². The van der Waals surface area contributed by atoms with Crippen LogP contribution >= 0.6 is 23.2 Å². The Kier molecular flexibility index (Phi) is 12.1. The van der Waals surface area contributed by atoms with Crippen LogP contribution in [0.15, 0.2) is 77.7 Å². The number of rotatable bonds is 14. The summed E-state index contributed by atoms with van der Waals surface area (Å²) in [5.41, 5.74) is 0.762. The number of nitrogens with zero attached hydrogens (tertiary/aromatic N) is 2. The summed E-state index contributed by atoms with van der Waals surface area (Å²) in [4.78, 5) is 28.8. The normalized spacial score (nSPS) is 12.1. The molecule has 0 saturated carbocycles. The number of para-hydroxylation sites is 1. The van der Waals surface area contributed by atoms with Gasteiger partial charge in [0.25, 0.3) is 10.0 Å². The van der Waals surface area contributed by atoms with Gasteiger partial charge >= 0.3 is 0 Å². The number of nitrogens with one attached hydrogen (secondary N) is 1. The molecule has 3 aromatic carbocycles.